The van der Waals surface area contributed by atoms with Crippen LogP contribution in [0.3, 0.4) is 0 Å². The highest BCUT2D eigenvalue weighted by molar-refractivity contribution is 5.70. The molecule has 0 aromatic heterocycles. The van der Waals surface area contributed by atoms with Gasteiger partial charge in [-0.1, -0.05) is 30.3 Å². The maximum atomic E-state index is 14.2. The number of benzene rings is 3. The predicted molar refractivity (Wildman–Crippen MR) is 125 cm³/mol. The monoisotopic (exact) mass is 482 g/mol. The van der Waals surface area contributed by atoms with E-state index in [9.17, 15) is 9.18 Å². The molecule has 3 aromatic carbocycles. The van der Waals surface area contributed by atoms with Gasteiger partial charge in [0.1, 0.15) is 18.2 Å². The van der Waals surface area contributed by atoms with Gasteiger partial charge >= 0.3 is 5.97 Å². The van der Waals surface area contributed by atoms with Gasteiger partial charge in [-0.2, -0.15) is 0 Å². The number of aryl methyl sites for hydroxylation is 1. The summed E-state index contributed by atoms with van der Waals surface area (Å²) in [4.78, 5) is 12.5. The number of hydrogen-bond donors (Lipinski definition) is 0. The molecular weight excluding hydrogens is 455 g/mol. The maximum Gasteiger partial charge on any atom is 0.306 e. The fourth-order valence-corrected chi connectivity index (χ4v) is 3.92. The molecule has 0 radical (unpaired) electrons. The Morgan fingerprint density at radius 2 is 1.71 bits per heavy atom. The van der Waals surface area contributed by atoms with Crippen molar-refractivity contribution in [3.63, 3.8) is 0 Å². The summed E-state index contributed by atoms with van der Waals surface area (Å²) in [5.74, 6) is 1.10. The van der Waals surface area contributed by atoms with Crippen LogP contribution < -0.4 is 18.9 Å². The van der Waals surface area contributed by atoms with Crippen LogP contribution in [0.15, 0.2) is 54.6 Å². The molecule has 1 aliphatic heterocycles. The standard InChI is InChI=1S/C27H27FO7/c1-30-22-11-17(12-23(31-2)26(22)32-3)9-10-24(29)33-15-19-13-21(28)14-20-16-34-27(35-25(19)20)18-7-5-4-6-8-18/h4-8,11-14,27H,9-10,15-16H2,1-3H3. The number of halogens is 1. The molecular formula is C27H27FO7. The average Bonchev–Trinajstić information content (AvgIpc) is 2.89. The summed E-state index contributed by atoms with van der Waals surface area (Å²) >= 11 is 0. The predicted octanol–water partition coefficient (Wildman–Crippen LogP) is 5.14. The Morgan fingerprint density at radius 3 is 2.37 bits per heavy atom. The van der Waals surface area contributed by atoms with Crippen molar-refractivity contribution in [1.29, 1.82) is 0 Å². The van der Waals surface area contributed by atoms with Gasteiger partial charge in [0.2, 0.25) is 12.0 Å². The molecule has 0 N–H and O–H groups in total. The number of fused-ring (bicyclic) bond motifs is 1. The summed E-state index contributed by atoms with van der Waals surface area (Å²) in [5, 5.41) is 0. The minimum atomic E-state index is -0.622. The second-order valence-electron chi connectivity index (χ2n) is 7.92. The van der Waals surface area contributed by atoms with Crippen molar-refractivity contribution in [2.24, 2.45) is 0 Å². The summed E-state index contributed by atoms with van der Waals surface area (Å²) in [7, 11) is 4.59. The summed E-state index contributed by atoms with van der Waals surface area (Å²) in [6.45, 7) is 0.0738. The van der Waals surface area contributed by atoms with Gasteiger partial charge in [0.05, 0.1) is 27.9 Å². The zero-order valence-electron chi connectivity index (χ0n) is 19.8. The molecule has 4 rings (SSSR count). The lowest BCUT2D eigenvalue weighted by molar-refractivity contribution is -0.145. The minimum Gasteiger partial charge on any atom is -0.493 e. The Balaban J connectivity index is 1.41. The zero-order chi connectivity index (χ0) is 24.8. The van der Waals surface area contributed by atoms with Gasteiger partial charge in [-0.05, 0) is 36.2 Å². The van der Waals surface area contributed by atoms with Crippen LogP contribution in [0.5, 0.6) is 23.0 Å². The third-order valence-corrected chi connectivity index (χ3v) is 5.63. The SMILES string of the molecule is COc1cc(CCC(=O)OCc2cc(F)cc3c2OC(c2ccccc2)OC3)cc(OC)c1OC. The van der Waals surface area contributed by atoms with E-state index in [-0.39, 0.29) is 19.6 Å². The third-order valence-electron chi connectivity index (χ3n) is 5.63. The van der Waals surface area contributed by atoms with Gasteiger partial charge in [0.25, 0.3) is 0 Å². The lowest BCUT2D eigenvalue weighted by Gasteiger charge is -2.28. The highest BCUT2D eigenvalue weighted by atomic mass is 19.1. The van der Waals surface area contributed by atoms with E-state index < -0.39 is 18.1 Å². The molecule has 1 aliphatic rings. The number of ether oxygens (including phenoxy) is 6. The molecule has 0 saturated heterocycles. The molecule has 0 amide bonds. The van der Waals surface area contributed by atoms with Crippen molar-refractivity contribution >= 4 is 5.97 Å². The average molecular weight is 483 g/mol. The van der Waals surface area contributed by atoms with Gasteiger partial charge in [-0.3, -0.25) is 4.79 Å². The van der Waals surface area contributed by atoms with Crippen LogP contribution in [-0.2, 0) is 33.9 Å². The molecule has 0 fully saturated rings. The lowest BCUT2D eigenvalue weighted by atomic mass is 10.1. The number of methoxy groups -OCH3 is 3. The number of carbonyl (C=O) groups excluding carboxylic acids is 1. The zero-order valence-corrected chi connectivity index (χ0v) is 19.8. The summed E-state index contributed by atoms with van der Waals surface area (Å²) in [5.41, 5.74) is 2.69. The molecule has 0 bridgehead atoms. The molecule has 3 aromatic rings. The Kier molecular flexibility index (Phi) is 7.72. The lowest BCUT2D eigenvalue weighted by Crippen LogP contribution is -2.20. The number of rotatable bonds is 9. The number of esters is 1. The second-order valence-corrected chi connectivity index (χ2v) is 7.92. The summed E-state index contributed by atoms with van der Waals surface area (Å²) in [6, 6.07) is 15.7. The Morgan fingerprint density at radius 1 is 1.00 bits per heavy atom. The van der Waals surface area contributed by atoms with Crippen molar-refractivity contribution < 1.29 is 37.6 Å². The molecule has 0 saturated carbocycles. The molecule has 35 heavy (non-hydrogen) atoms. The van der Waals surface area contributed by atoms with E-state index in [2.05, 4.69) is 0 Å². The van der Waals surface area contributed by atoms with Crippen molar-refractivity contribution in [2.45, 2.75) is 32.3 Å². The number of carbonyl (C=O) groups is 1. The minimum absolute atomic E-state index is 0.115. The van der Waals surface area contributed by atoms with Crippen LogP contribution in [0.4, 0.5) is 4.39 Å². The van der Waals surface area contributed by atoms with E-state index in [1.165, 1.54) is 33.5 Å². The topological polar surface area (TPSA) is 72.5 Å². The van der Waals surface area contributed by atoms with Crippen molar-refractivity contribution in [2.75, 3.05) is 21.3 Å². The fourth-order valence-electron chi connectivity index (χ4n) is 3.92. The summed E-state index contributed by atoms with van der Waals surface area (Å²) < 4.78 is 47.4. The molecule has 7 nitrogen and oxygen atoms in total. The first kappa shape index (κ1) is 24.3. The van der Waals surface area contributed by atoms with E-state index in [0.717, 1.165) is 11.1 Å². The molecule has 1 heterocycles. The normalized spacial score (nSPS) is 14.5. The van der Waals surface area contributed by atoms with E-state index in [4.69, 9.17) is 28.4 Å². The summed E-state index contributed by atoms with van der Waals surface area (Å²) in [6.07, 6.45) is -0.104. The van der Waals surface area contributed by atoms with Crippen molar-refractivity contribution in [1.82, 2.24) is 0 Å². The molecule has 184 valence electrons. The van der Waals surface area contributed by atoms with Crippen molar-refractivity contribution in [3.05, 3.63) is 82.7 Å². The molecule has 0 spiro atoms. The first-order valence-corrected chi connectivity index (χ1v) is 11.1. The Labute approximate surface area is 203 Å². The van der Waals surface area contributed by atoms with Gasteiger partial charge in [-0.15, -0.1) is 0 Å². The fraction of sp³-hybridized carbons (Fsp3) is 0.296. The van der Waals surface area contributed by atoms with Crippen LogP contribution in [0.25, 0.3) is 0 Å². The van der Waals surface area contributed by atoms with Crippen LogP contribution in [-0.4, -0.2) is 27.3 Å². The molecule has 1 unspecified atom stereocenters. The molecule has 8 heteroatoms. The van der Waals surface area contributed by atoms with E-state index >= 15 is 0 Å². The van der Waals surface area contributed by atoms with Gasteiger partial charge in [0, 0.05) is 23.1 Å². The highest BCUT2D eigenvalue weighted by Crippen LogP contribution is 2.39. The maximum absolute atomic E-state index is 14.2. The van der Waals surface area contributed by atoms with Crippen LogP contribution in [0, 0.1) is 5.82 Å². The largest absolute Gasteiger partial charge is 0.493 e. The molecule has 0 aliphatic carbocycles. The van der Waals surface area contributed by atoms with Gasteiger partial charge < -0.3 is 28.4 Å². The van der Waals surface area contributed by atoms with E-state index in [1.54, 1.807) is 12.1 Å². The smallest absolute Gasteiger partial charge is 0.306 e. The van der Waals surface area contributed by atoms with Crippen LogP contribution in [0.1, 0.15) is 35.0 Å². The first-order chi connectivity index (χ1) is 17.0. The molecule has 1 atom stereocenters. The van der Waals surface area contributed by atoms with Crippen molar-refractivity contribution in [3.8, 4) is 23.0 Å². The first-order valence-electron chi connectivity index (χ1n) is 11.1. The van der Waals surface area contributed by atoms with Gasteiger partial charge in [0.15, 0.2) is 11.5 Å². The van der Waals surface area contributed by atoms with E-state index in [1.807, 2.05) is 30.3 Å². The quantitative estimate of drug-likeness (QED) is 0.391. The Bertz CT molecular complexity index is 1150. The second kappa shape index (κ2) is 11.1. The highest BCUT2D eigenvalue weighted by Gasteiger charge is 2.25. The van der Waals surface area contributed by atoms with E-state index in [0.29, 0.717) is 40.5 Å². The number of hydrogen-bond acceptors (Lipinski definition) is 7. The van der Waals surface area contributed by atoms with Crippen LogP contribution >= 0.6 is 0 Å². The van der Waals surface area contributed by atoms with Crippen LogP contribution in [0.2, 0.25) is 0 Å². The van der Waals surface area contributed by atoms with Gasteiger partial charge in [-0.25, -0.2) is 4.39 Å². The Hall–Kier alpha value is -3.78. The third kappa shape index (κ3) is 5.66.